The highest BCUT2D eigenvalue weighted by atomic mass is 32.2. The lowest BCUT2D eigenvalue weighted by atomic mass is 10.3. The Morgan fingerprint density at radius 3 is 2.35 bits per heavy atom. The van der Waals surface area contributed by atoms with E-state index in [1.165, 1.54) is 0 Å². The Bertz CT molecular complexity index is 565. The van der Waals surface area contributed by atoms with Crippen molar-refractivity contribution < 1.29 is 13.2 Å². The van der Waals surface area contributed by atoms with Gasteiger partial charge in [-0.05, 0) is 43.5 Å². The first-order valence-electron chi connectivity index (χ1n) is 6.66. The maximum atomic E-state index is 11.6. The zero-order valence-corrected chi connectivity index (χ0v) is 12.2. The number of sulfonamides is 1. The van der Waals surface area contributed by atoms with Gasteiger partial charge in [0.25, 0.3) is 0 Å². The van der Waals surface area contributed by atoms with Gasteiger partial charge < -0.3 is 10.6 Å². The number of rotatable bonds is 6. The van der Waals surface area contributed by atoms with Gasteiger partial charge in [-0.15, -0.1) is 0 Å². The van der Waals surface area contributed by atoms with Crippen LogP contribution >= 0.6 is 0 Å². The van der Waals surface area contributed by atoms with E-state index in [0.29, 0.717) is 23.8 Å². The largest absolute Gasteiger partial charge is 0.335 e. The Morgan fingerprint density at radius 2 is 1.80 bits per heavy atom. The summed E-state index contributed by atoms with van der Waals surface area (Å²) in [5.74, 6) is 0.0940. The summed E-state index contributed by atoms with van der Waals surface area (Å²) in [5.41, 5.74) is 1.12. The van der Waals surface area contributed by atoms with Crippen molar-refractivity contribution in [3.05, 3.63) is 24.3 Å². The van der Waals surface area contributed by atoms with E-state index < -0.39 is 10.0 Å². The zero-order chi connectivity index (χ0) is 14.6. The first kappa shape index (κ1) is 14.6. The van der Waals surface area contributed by atoms with E-state index in [1.807, 2.05) is 6.92 Å². The minimum atomic E-state index is -3.28. The molecular weight excluding hydrogens is 278 g/mol. The molecule has 1 aliphatic carbocycles. The molecule has 0 atom stereocenters. The maximum absolute atomic E-state index is 11.6. The van der Waals surface area contributed by atoms with Crippen LogP contribution in [-0.2, 0) is 10.0 Å². The first-order valence-corrected chi connectivity index (χ1v) is 8.32. The lowest BCUT2D eigenvalue weighted by Gasteiger charge is -2.09. The van der Waals surface area contributed by atoms with Gasteiger partial charge in [0, 0.05) is 17.4 Å². The highest BCUT2D eigenvalue weighted by Crippen LogP contribution is 2.19. The van der Waals surface area contributed by atoms with Gasteiger partial charge in [-0.3, -0.25) is 4.72 Å². The number of hydrogen-bond donors (Lipinski definition) is 3. The smallest absolute Gasteiger partial charge is 0.319 e. The van der Waals surface area contributed by atoms with Gasteiger partial charge in [0.1, 0.15) is 0 Å². The standard InChI is InChI=1S/C13H19N3O3S/c1-2-9-20(18,19)16-12-7-5-11(6-8-12)15-13(17)14-10-3-4-10/h5-8,10,16H,2-4,9H2,1H3,(H2,14,15,17). The molecule has 0 spiro atoms. The highest BCUT2D eigenvalue weighted by molar-refractivity contribution is 7.92. The second-order valence-electron chi connectivity index (χ2n) is 4.87. The van der Waals surface area contributed by atoms with Crippen LogP contribution in [-0.4, -0.2) is 26.2 Å². The molecule has 6 nitrogen and oxygen atoms in total. The molecule has 7 heteroatoms. The second kappa shape index (κ2) is 6.13. The molecule has 0 saturated heterocycles. The molecule has 2 rings (SSSR count). The molecule has 2 amide bonds. The fourth-order valence-corrected chi connectivity index (χ4v) is 2.84. The van der Waals surface area contributed by atoms with Crippen molar-refractivity contribution in [1.82, 2.24) is 5.32 Å². The molecule has 1 fully saturated rings. The quantitative estimate of drug-likeness (QED) is 0.751. The van der Waals surface area contributed by atoms with Gasteiger partial charge in [0.15, 0.2) is 0 Å². The van der Waals surface area contributed by atoms with Crippen molar-refractivity contribution in [2.45, 2.75) is 32.2 Å². The van der Waals surface area contributed by atoms with Gasteiger partial charge >= 0.3 is 6.03 Å². The maximum Gasteiger partial charge on any atom is 0.319 e. The van der Waals surface area contributed by atoms with E-state index in [0.717, 1.165) is 12.8 Å². The number of hydrogen-bond acceptors (Lipinski definition) is 3. The highest BCUT2D eigenvalue weighted by Gasteiger charge is 2.23. The molecule has 20 heavy (non-hydrogen) atoms. The third kappa shape index (κ3) is 4.73. The van der Waals surface area contributed by atoms with Crippen molar-refractivity contribution in [1.29, 1.82) is 0 Å². The SMILES string of the molecule is CCCS(=O)(=O)Nc1ccc(NC(=O)NC2CC2)cc1. The molecule has 110 valence electrons. The molecule has 0 radical (unpaired) electrons. The fourth-order valence-electron chi connectivity index (χ4n) is 1.70. The van der Waals surface area contributed by atoms with Crippen molar-refractivity contribution in [3.63, 3.8) is 0 Å². The minimum absolute atomic E-state index is 0.0940. The number of nitrogens with one attached hydrogen (secondary N) is 3. The third-order valence-electron chi connectivity index (χ3n) is 2.80. The third-order valence-corrected chi connectivity index (χ3v) is 4.29. The molecule has 0 heterocycles. The average Bonchev–Trinajstić information content (AvgIpc) is 3.15. The van der Waals surface area contributed by atoms with Crippen LogP contribution < -0.4 is 15.4 Å². The summed E-state index contributed by atoms with van der Waals surface area (Å²) in [6, 6.07) is 6.65. The molecule has 3 N–H and O–H groups in total. The topological polar surface area (TPSA) is 87.3 Å². The Morgan fingerprint density at radius 1 is 1.20 bits per heavy atom. The Kier molecular flexibility index (Phi) is 4.49. The summed E-state index contributed by atoms with van der Waals surface area (Å²) in [6.07, 6.45) is 2.63. The fraction of sp³-hybridized carbons (Fsp3) is 0.462. The summed E-state index contributed by atoms with van der Waals surface area (Å²) >= 11 is 0. The summed E-state index contributed by atoms with van der Waals surface area (Å²) in [5, 5.41) is 5.51. The van der Waals surface area contributed by atoms with Gasteiger partial charge in [-0.2, -0.15) is 0 Å². The second-order valence-corrected chi connectivity index (χ2v) is 6.71. The monoisotopic (exact) mass is 297 g/mol. The summed E-state index contributed by atoms with van der Waals surface area (Å²) in [6.45, 7) is 1.81. The molecule has 0 unspecified atom stereocenters. The van der Waals surface area contributed by atoms with Crippen LogP contribution in [0.2, 0.25) is 0 Å². The summed E-state index contributed by atoms with van der Waals surface area (Å²) in [4.78, 5) is 11.5. The van der Waals surface area contributed by atoms with Crippen molar-refractivity contribution in [3.8, 4) is 0 Å². The zero-order valence-electron chi connectivity index (χ0n) is 11.3. The minimum Gasteiger partial charge on any atom is -0.335 e. The van der Waals surface area contributed by atoms with Crippen molar-refractivity contribution >= 4 is 27.4 Å². The molecule has 1 aromatic carbocycles. The number of urea groups is 1. The van der Waals surface area contributed by atoms with Gasteiger partial charge in [-0.1, -0.05) is 6.92 Å². The Labute approximate surface area is 119 Å². The molecule has 0 aliphatic heterocycles. The number of carbonyl (C=O) groups excluding carboxylic acids is 1. The van der Waals surface area contributed by atoms with Crippen LogP contribution in [0.4, 0.5) is 16.2 Å². The Hall–Kier alpha value is -1.76. The van der Waals surface area contributed by atoms with Crippen LogP contribution in [0.15, 0.2) is 24.3 Å². The normalized spacial score (nSPS) is 14.7. The summed E-state index contributed by atoms with van der Waals surface area (Å²) in [7, 11) is -3.28. The predicted octanol–water partition coefficient (Wildman–Crippen LogP) is 2.12. The number of carbonyl (C=O) groups is 1. The molecular formula is C13H19N3O3S. The average molecular weight is 297 g/mol. The van der Waals surface area contributed by atoms with Gasteiger partial charge in [0.2, 0.25) is 10.0 Å². The van der Waals surface area contributed by atoms with Crippen molar-refractivity contribution in [2.24, 2.45) is 0 Å². The molecule has 0 bridgehead atoms. The Balaban J connectivity index is 1.90. The van der Waals surface area contributed by atoms with Crippen LogP contribution in [0.25, 0.3) is 0 Å². The molecule has 0 aromatic heterocycles. The van der Waals surface area contributed by atoms with Crippen LogP contribution in [0.3, 0.4) is 0 Å². The van der Waals surface area contributed by atoms with Crippen molar-refractivity contribution in [2.75, 3.05) is 15.8 Å². The van der Waals surface area contributed by atoms with Crippen LogP contribution in [0.5, 0.6) is 0 Å². The van der Waals surface area contributed by atoms with E-state index in [9.17, 15) is 13.2 Å². The number of benzene rings is 1. The summed E-state index contributed by atoms with van der Waals surface area (Å²) < 4.78 is 25.7. The number of anilines is 2. The van der Waals surface area contributed by atoms with Crippen LogP contribution in [0, 0.1) is 0 Å². The van der Waals surface area contributed by atoms with Gasteiger partial charge in [-0.25, -0.2) is 13.2 Å². The first-order chi connectivity index (χ1) is 9.48. The van der Waals surface area contributed by atoms with E-state index in [-0.39, 0.29) is 11.8 Å². The lowest BCUT2D eigenvalue weighted by molar-refractivity contribution is 0.251. The molecule has 1 aliphatic rings. The lowest BCUT2D eigenvalue weighted by Crippen LogP contribution is -2.30. The predicted molar refractivity (Wildman–Crippen MR) is 79.3 cm³/mol. The van der Waals surface area contributed by atoms with Crippen LogP contribution in [0.1, 0.15) is 26.2 Å². The van der Waals surface area contributed by atoms with Gasteiger partial charge in [0.05, 0.1) is 5.75 Å². The molecule has 1 aromatic rings. The van der Waals surface area contributed by atoms with E-state index in [1.54, 1.807) is 24.3 Å². The van der Waals surface area contributed by atoms with E-state index >= 15 is 0 Å². The molecule has 1 saturated carbocycles. The van der Waals surface area contributed by atoms with E-state index in [2.05, 4.69) is 15.4 Å². The van der Waals surface area contributed by atoms with E-state index in [4.69, 9.17) is 0 Å². The number of amides is 2.